The Kier molecular flexibility index (Phi) is 4.61. The topological polar surface area (TPSA) is 47.3 Å². The van der Waals surface area contributed by atoms with E-state index in [-0.39, 0.29) is 5.54 Å². The summed E-state index contributed by atoms with van der Waals surface area (Å²) in [5.74, 6) is 0.956. The molecule has 1 heterocycles. The van der Waals surface area contributed by atoms with Crippen LogP contribution in [0.15, 0.2) is 24.3 Å². The van der Waals surface area contributed by atoms with Crippen molar-refractivity contribution in [2.24, 2.45) is 5.73 Å². The Balaban J connectivity index is 1.83. The Hall–Kier alpha value is -1.06. The summed E-state index contributed by atoms with van der Waals surface area (Å²) in [7, 11) is 0. The number of aryl methyl sites for hydroxylation is 1. The summed E-state index contributed by atoms with van der Waals surface area (Å²) in [6.07, 6.45) is 4.69. The minimum absolute atomic E-state index is 0.0993. The van der Waals surface area contributed by atoms with Gasteiger partial charge in [-0.2, -0.15) is 0 Å². The van der Waals surface area contributed by atoms with E-state index in [9.17, 15) is 0 Å². The highest BCUT2D eigenvalue weighted by Crippen LogP contribution is 2.22. The van der Waals surface area contributed by atoms with Crippen molar-refractivity contribution in [1.82, 2.24) is 5.32 Å². The van der Waals surface area contributed by atoms with Gasteiger partial charge in [-0.05, 0) is 44.0 Å². The monoisotopic (exact) mass is 248 g/mol. The first kappa shape index (κ1) is 13.4. The van der Waals surface area contributed by atoms with Gasteiger partial charge in [-0.3, -0.25) is 0 Å². The highest BCUT2D eigenvalue weighted by Gasteiger charge is 2.29. The minimum Gasteiger partial charge on any atom is -0.494 e. The van der Waals surface area contributed by atoms with Gasteiger partial charge in [0.05, 0.1) is 6.61 Å². The average molecular weight is 248 g/mol. The van der Waals surface area contributed by atoms with E-state index in [0.717, 1.165) is 25.3 Å². The van der Waals surface area contributed by atoms with Crippen molar-refractivity contribution in [3.05, 3.63) is 29.8 Å². The summed E-state index contributed by atoms with van der Waals surface area (Å²) < 4.78 is 5.82. The lowest BCUT2D eigenvalue weighted by Crippen LogP contribution is -2.54. The number of nitrogens with two attached hydrogens (primary N) is 1. The van der Waals surface area contributed by atoms with E-state index in [1.165, 1.54) is 24.8 Å². The van der Waals surface area contributed by atoms with Gasteiger partial charge in [0.1, 0.15) is 5.75 Å². The summed E-state index contributed by atoms with van der Waals surface area (Å²) >= 11 is 0. The van der Waals surface area contributed by atoms with Crippen LogP contribution in [0.1, 0.15) is 31.2 Å². The summed E-state index contributed by atoms with van der Waals surface area (Å²) in [5, 5.41) is 3.57. The molecule has 1 atom stereocenters. The molecule has 0 aliphatic carbocycles. The van der Waals surface area contributed by atoms with Crippen LogP contribution >= 0.6 is 0 Å². The molecule has 18 heavy (non-hydrogen) atoms. The van der Waals surface area contributed by atoms with Crippen LogP contribution in [0.25, 0.3) is 0 Å². The van der Waals surface area contributed by atoms with Gasteiger partial charge in [-0.25, -0.2) is 0 Å². The second-order valence-corrected chi connectivity index (χ2v) is 5.28. The van der Waals surface area contributed by atoms with Gasteiger partial charge >= 0.3 is 0 Å². The molecule has 1 saturated heterocycles. The molecule has 0 spiro atoms. The zero-order valence-corrected chi connectivity index (χ0v) is 11.2. The van der Waals surface area contributed by atoms with Crippen LogP contribution in [-0.4, -0.2) is 25.2 Å². The quantitative estimate of drug-likeness (QED) is 0.840. The normalized spacial score (nSPS) is 23.9. The van der Waals surface area contributed by atoms with Gasteiger partial charge < -0.3 is 15.8 Å². The fourth-order valence-corrected chi connectivity index (χ4v) is 2.59. The van der Waals surface area contributed by atoms with Crippen molar-refractivity contribution in [1.29, 1.82) is 0 Å². The first-order chi connectivity index (χ1) is 8.74. The molecule has 0 saturated carbocycles. The van der Waals surface area contributed by atoms with Crippen LogP contribution in [0.2, 0.25) is 0 Å². The summed E-state index contributed by atoms with van der Waals surface area (Å²) in [5.41, 5.74) is 7.26. The maximum atomic E-state index is 5.92. The van der Waals surface area contributed by atoms with Crippen molar-refractivity contribution in [2.75, 3.05) is 19.7 Å². The molecule has 1 aromatic carbocycles. The predicted molar refractivity (Wildman–Crippen MR) is 74.9 cm³/mol. The van der Waals surface area contributed by atoms with Crippen molar-refractivity contribution >= 4 is 0 Å². The number of nitrogens with one attached hydrogen (secondary N) is 1. The van der Waals surface area contributed by atoms with E-state index in [1.807, 2.05) is 12.1 Å². The predicted octanol–water partition coefficient (Wildman–Crippen LogP) is 2.23. The van der Waals surface area contributed by atoms with Crippen LogP contribution in [0.5, 0.6) is 5.75 Å². The molecule has 3 N–H and O–H groups in total. The largest absolute Gasteiger partial charge is 0.494 e. The smallest absolute Gasteiger partial charge is 0.119 e. The van der Waals surface area contributed by atoms with E-state index in [0.29, 0.717) is 6.54 Å². The van der Waals surface area contributed by atoms with Gasteiger partial charge in [-0.15, -0.1) is 0 Å². The van der Waals surface area contributed by atoms with Crippen LogP contribution in [0.4, 0.5) is 0 Å². The lowest BCUT2D eigenvalue weighted by atomic mass is 9.86. The van der Waals surface area contributed by atoms with Gasteiger partial charge in [0.15, 0.2) is 0 Å². The lowest BCUT2D eigenvalue weighted by Gasteiger charge is -2.37. The van der Waals surface area contributed by atoms with E-state index in [1.54, 1.807) is 0 Å². The standard InChI is InChI=1S/C15H24N2O/c1-13-5-4-6-14(11-13)18-10-8-15(12-16)7-2-3-9-17-15/h4-6,11,17H,2-3,7-10,12,16H2,1H3. The van der Waals surface area contributed by atoms with Gasteiger partial charge in [-0.1, -0.05) is 18.6 Å². The van der Waals surface area contributed by atoms with Gasteiger partial charge in [0.2, 0.25) is 0 Å². The summed E-state index contributed by atoms with van der Waals surface area (Å²) in [4.78, 5) is 0. The highest BCUT2D eigenvalue weighted by molar-refractivity contribution is 5.27. The second-order valence-electron chi connectivity index (χ2n) is 5.28. The summed E-state index contributed by atoms with van der Waals surface area (Å²) in [6.45, 7) is 4.59. The van der Waals surface area contributed by atoms with Crippen LogP contribution in [0.3, 0.4) is 0 Å². The molecule has 1 unspecified atom stereocenters. The molecule has 0 radical (unpaired) electrons. The summed E-state index contributed by atoms with van der Waals surface area (Å²) in [6, 6.07) is 8.19. The number of benzene rings is 1. The Morgan fingerprint density at radius 3 is 2.94 bits per heavy atom. The fourth-order valence-electron chi connectivity index (χ4n) is 2.59. The third kappa shape index (κ3) is 3.47. The molecule has 1 aromatic rings. The Bertz CT molecular complexity index is 373. The highest BCUT2D eigenvalue weighted by atomic mass is 16.5. The number of hydrogen-bond acceptors (Lipinski definition) is 3. The van der Waals surface area contributed by atoms with E-state index >= 15 is 0 Å². The molecular weight excluding hydrogens is 224 g/mol. The zero-order valence-electron chi connectivity index (χ0n) is 11.2. The Morgan fingerprint density at radius 2 is 2.28 bits per heavy atom. The molecule has 0 bridgehead atoms. The molecule has 0 aromatic heterocycles. The number of piperidine rings is 1. The second kappa shape index (κ2) is 6.21. The molecule has 0 amide bonds. The molecule has 1 aliphatic rings. The SMILES string of the molecule is Cc1cccc(OCCC2(CN)CCCCN2)c1. The van der Waals surface area contributed by atoms with Gasteiger partial charge in [0, 0.05) is 18.5 Å². The van der Waals surface area contributed by atoms with Crippen molar-refractivity contribution in [2.45, 2.75) is 38.1 Å². The fraction of sp³-hybridized carbons (Fsp3) is 0.600. The number of hydrogen-bond donors (Lipinski definition) is 2. The molecule has 100 valence electrons. The van der Waals surface area contributed by atoms with Crippen LogP contribution < -0.4 is 15.8 Å². The average Bonchev–Trinajstić information content (AvgIpc) is 2.40. The third-order valence-corrected chi connectivity index (χ3v) is 3.81. The molecular formula is C15H24N2O. The van der Waals surface area contributed by atoms with Crippen LogP contribution in [0, 0.1) is 6.92 Å². The van der Waals surface area contributed by atoms with Crippen molar-refractivity contribution < 1.29 is 4.74 Å². The minimum atomic E-state index is 0.0993. The third-order valence-electron chi connectivity index (χ3n) is 3.81. The number of rotatable bonds is 5. The number of ether oxygens (including phenoxy) is 1. The van der Waals surface area contributed by atoms with E-state index < -0.39 is 0 Å². The van der Waals surface area contributed by atoms with E-state index in [2.05, 4.69) is 24.4 Å². The molecule has 2 rings (SSSR count). The maximum absolute atomic E-state index is 5.92. The molecule has 3 heteroatoms. The first-order valence-electron chi connectivity index (χ1n) is 6.89. The molecule has 3 nitrogen and oxygen atoms in total. The Labute approximate surface area is 110 Å². The first-order valence-corrected chi connectivity index (χ1v) is 6.89. The van der Waals surface area contributed by atoms with Crippen LogP contribution in [-0.2, 0) is 0 Å². The Morgan fingerprint density at radius 1 is 1.39 bits per heavy atom. The van der Waals surface area contributed by atoms with E-state index in [4.69, 9.17) is 10.5 Å². The zero-order chi connectivity index (χ0) is 12.8. The molecule has 1 aliphatic heterocycles. The van der Waals surface area contributed by atoms with Crippen molar-refractivity contribution in [3.8, 4) is 5.75 Å². The van der Waals surface area contributed by atoms with Gasteiger partial charge in [0.25, 0.3) is 0 Å². The van der Waals surface area contributed by atoms with Crippen molar-refractivity contribution in [3.63, 3.8) is 0 Å². The lowest BCUT2D eigenvalue weighted by molar-refractivity contribution is 0.194. The molecule has 1 fully saturated rings. The maximum Gasteiger partial charge on any atom is 0.119 e.